The van der Waals surface area contributed by atoms with Crippen molar-refractivity contribution in [2.24, 2.45) is 0 Å². The summed E-state index contributed by atoms with van der Waals surface area (Å²) in [4.78, 5) is 27.3. The van der Waals surface area contributed by atoms with Crippen LogP contribution in [0.1, 0.15) is 16.7 Å². The summed E-state index contributed by atoms with van der Waals surface area (Å²) in [5.41, 5.74) is 2.80. The maximum atomic E-state index is 14.4. The molecule has 0 bridgehead atoms. The monoisotopic (exact) mass is 404 g/mol. The summed E-state index contributed by atoms with van der Waals surface area (Å²) in [6.45, 7) is 3.78. The lowest BCUT2D eigenvalue weighted by Gasteiger charge is -2.16. The molecule has 6 heteroatoms. The van der Waals surface area contributed by atoms with E-state index in [1.54, 1.807) is 6.07 Å². The molecule has 0 unspecified atom stereocenters. The number of rotatable bonds is 4. The molecule has 0 spiro atoms. The number of anilines is 2. The fraction of sp³-hybridized carbons (Fsp3) is 0.0833. The van der Waals surface area contributed by atoms with E-state index in [0.717, 1.165) is 16.0 Å². The summed E-state index contributed by atoms with van der Waals surface area (Å²) in [7, 11) is 0. The van der Waals surface area contributed by atoms with Gasteiger partial charge in [-0.05, 0) is 60.9 Å². The molecule has 1 aliphatic rings. The zero-order valence-electron chi connectivity index (χ0n) is 16.4. The van der Waals surface area contributed by atoms with Crippen LogP contribution >= 0.6 is 0 Å². The highest BCUT2D eigenvalue weighted by Crippen LogP contribution is 2.35. The number of aryl methyl sites for hydroxylation is 2. The summed E-state index contributed by atoms with van der Waals surface area (Å²) in [6, 6.07) is 16.5. The second-order valence-electron chi connectivity index (χ2n) is 7.10. The Morgan fingerprint density at radius 1 is 0.833 bits per heavy atom. The van der Waals surface area contributed by atoms with E-state index in [1.165, 1.54) is 42.5 Å². The molecule has 2 amide bonds. The molecule has 0 radical (unpaired) electrons. The molecule has 1 N–H and O–H groups in total. The van der Waals surface area contributed by atoms with Crippen molar-refractivity contribution in [1.82, 2.24) is 0 Å². The van der Waals surface area contributed by atoms with Crippen molar-refractivity contribution in [2.75, 3.05) is 10.2 Å². The molecule has 1 aliphatic heterocycles. The highest BCUT2D eigenvalue weighted by molar-refractivity contribution is 6.46. The summed E-state index contributed by atoms with van der Waals surface area (Å²) in [6.07, 6.45) is 0. The maximum Gasteiger partial charge on any atom is 0.282 e. The number of hydrogen-bond acceptors (Lipinski definition) is 3. The lowest BCUT2D eigenvalue weighted by molar-refractivity contribution is -0.120. The average Bonchev–Trinajstić information content (AvgIpc) is 2.96. The minimum absolute atomic E-state index is 0.0172. The lowest BCUT2D eigenvalue weighted by atomic mass is 10.0. The Kier molecular flexibility index (Phi) is 4.91. The molecule has 30 heavy (non-hydrogen) atoms. The van der Waals surface area contributed by atoms with Gasteiger partial charge in [0.05, 0.1) is 11.3 Å². The van der Waals surface area contributed by atoms with Gasteiger partial charge in [-0.2, -0.15) is 0 Å². The molecule has 0 saturated carbocycles. The number of nitrogens with one attached hydrogen (secondary N) is 1. The van der Waals surface area contributed by atoms with Gasteiger partial charge in [-0.25, -0.2) is 13.7 Å². The SMILES string of the molecule is Cc1ccc(C)c(NC2=C(c3ccc(F)cc3)C(=O)N(c3ccccc3F)C2=O)c1. The molecule has 0 fully saturated rings. The van der Waals surface area contributed by atoms with Gasteiger partial charge in [0.25, 0.3) is 11.8 Å². The van der Waals surface area contributed by atoms with Crippen molar-refractivity contribution in [2.45, 2.75) is 13.8 Å². The second-order valence-corrected chi connectivity index (χ2v) is 7.10. The van der Waals surface area contributed by atoms with Crippen LogP contribution < -0.4 is 10.2 Å². The molecule has 4 rings (SSSR count). The van der Waals surface area contributed by atoms with Gasteiger partial charge in [-0.3, -0.25) is 9.59 Å². The molecule has 150 valence electrons. The fourth-order valence-corrected chi connectivity index (χ4v) is 3.39. The Balaban J connectivity index is 1.87. The fourth-order valence-electron chi connectivity index (χ4n) is 3.39. The predicted octanol–water partition coefficient (Wildman–Crippen LogP) is 4.98. The number of carbonyl (C=O) groups is 2. The summed E-state index contributed by atoms with van der Waals surface area (Å²) in [5.74, 6) is -2.51. The first-order chi connectivity index (χ1) is 14.4. The quantitative estimate of drug-likeness (QED) is 0.624. The van der Waals surface area contributed by atoms with Gasteiger partial charge < -0.3 is 5.32 Å². The van der Waals surface area contributed by atoms with Crippen LogP contribution in [0.2, 0.25) is 0 Å². The van der Waals surface area contributed by atoms with Crippen LogP contribution in [-0.2, 0) is 9.59 Å². The smallest absolute Gasteiger partial charge is 0.282 e. The van der Waals surface area contributed by atoms with Crippen LogP contribution in [0.5, 0.6) is 0 Å². The minimum Gasteiger partial charge on any atom is -0.350 e. The molecule has 0 aliphatic carbocycles. The van der Waals surface area contributed by atoms with Gasteiger partial charge in [0.2, 0.25) is 0 Å². The van der Waals surface area contributed by atoms with Crippen molar-refractivity contribution in [3.05, 3.63) is 101 Å². The van der Waals surface area contributed by atoms with E-state index in [9.17, 15) is 18.4 Å². The van der Waals surface area contributed by atoms with Crippen molar-refractivity contribution in [3.63, 3.8) is 0 Å². The van der Waals surface area contributed by atoms with Crippen LogP contribution in [0.25, 0.3) is 5.57 Å². The summed E-state index contributed by atoms with van der Waals surface area (Å²) in [5, 5.41) is 3.06. The summed E-state index contributed by atoms with van der Waals surface area (Å²) >= 11 is 0. The number of carbonyl (C=O) groups excluding carboxylic acids is 2. The van der Waals surface area contributed by atoms with Crippen LogP contribution in [0, 0.1) is 25.5 Å². The van der Waals surface area contributed by atoms with E-state index in [1.807, 2.05) is 32.0 Å². The van der Waals surface area contributed by atoms with Crippen molar-refractivity contribution >= 4 is 28.8 Å². The van der Waals surface area contributed by atoms with Crippen LogP contribution in [0.15, 0.2) is 72.4 Å². The number of para-hydroxylation sites is 1. The van der Waals surface area contributed by atoms with E-state index in [-0.39, 0.29) is 17.0 Å². The van der Waals surface area contributed by atoms with Crippen LogP contribution in [0.4, 0.5) is 20.2 Å². The number of imide groups is 1. The number of nitrogens with zero attached hydrogens (tertiary/aromatic N) is 1. The van der Waals surface area contributed by atoms with Crippen molar-refractivity contribution in [3.8, 4) is 0 Å². The molecular weight excluding hydrogens is 386 g/mol. The summed E-state index contributed by atoms with van der Waals surface area (Å²) < 4.78 is 27.8. The lowest BCUT2D eigenvalue weighted by Crippen LogP contribution is -2.33. The number of benzene rings is 3. The topological polar surface area (TPSA) is 49.4 Å². The number of halogens is 2. The predicted molar refractivity (Wildman–Crippen MR) is 112 cm³/mol. The molecular formula is C24H18F2N2O2. The third-order valence-electron chi connectivity index (χ3n) is 4.96. The van der Waals surface area contributed by atoms with E-state index in [0.29, 0.717) is 11.3 Å². The van der Waals surface area contributed by atoms with Crippen molar-refractivity contribution < 1.29 is 18.4 Å². The molecule has 4 nitrogen and oxygen atoms in total. The Hall–Kier alpha value is -3.80. The van der Waals surface area contributed by atoms with E-state index in [2.05, 4.69) is 5.32 Å². The average molecular weight is 404 g/mol. The molecule has 3 aromatic rings. The van der Waals surface area contributed by atoms with E-state index >= 15 is 0 Å². The third-order valence-corrected chi connectivity index (χ3v) is 4.96. The second kappa shape index (κ2) is 7.55. The molecule has 0 atom stereocenters. The Labute approximate surface area is 172 Å². The number of hydrogen-bond donors (Lipinski definition) is 1. The molecule has 0 saturated heterocycles. The zero-order chi connectivity index (χ0) is 21.4. The largest absolute Gasteiger partial charge is 0.350 e. The zero-order valence-corrected chi connectivity index (χ0v) is 16.4. The van der Waals surface area contributed by atoms with Gasteiger partial charge in [0.15, 0.2) is 0 Å². The van der Waals surface area contributed by atoms with Gasteiger partial charge in [-0.1, -0.05) is 36.4 Å². The van der Waals surface area contributed by atoms with Gasteiger partial charge in [0.1, 0.15) is 17.3 Å². The first-order valence-corrected chi connectivity index (χ1v) is 9.34. The van der Waals surface area contributed by atoms with Crippen molar-refractivity contribution in [1.29, 1.82) is 0 Å². The van der Waals surface area contributed by atoms with Gasteiger partial charge >= 0.3 is 0 Å². The van der Waals surface area contributed by atoms with E-state index < -0.39 is 23.4 Å². The molecule has 1 heterocycles. The van der Waals surface area contributed by atoms with Crippen LogP contribution in [0.3, 0.4) is 0 Å². The highest BCUT2D eigenvalue weighted by atomic mass is 19.1. The third kappa shape index (κ3) is 3.37. The van der Waals surface area contributed by atoms with Gasteiger partial charge in [-0.15, -0.1) is 0 Å². The first kappa shape index (κ1) is 19.5. The number of amides is 2. The highest BCUT2D eigenvalue weighted by Gasteiger charge is 2.41. The van der Waals surface area contributed by atoms with E-state index in [4.69, 9.17) is 0 Å². The minimum atomic E-state index is -0.689. The Bertz CT molecular complexity index is 1200. The standard InChI is InChI=1S/C24H18F2N2O2/c1-14-7-8-15(2)19(13-14)27-22-21(16-9-11-17(25)12-10-16)23(29)28(24(22)30)20-6-4-3-5-18(20)26/h3-13,27H,1-2H3. The molecule has 0 aromatic heterocycles. The Morgan fingerprint density at radius 2 is 1.53 bits per heavy atom. The Morgan fingerprint density at radius 3 is 2.23 bits per heavy atom. The normalized spacial score (nSPS) is 13.9. The molecule has 3 aromatic carbocycles. The maximum absolute atomic E-state index is 14.4. The van der Waals surface area contributed by atoms with Gasteiger partial charge in [0, 0.05) is 5.69 Å². The first-order valence-electron chi connectivity index (χ1n) is 9.34. The van der Waals surface area contributed by atoms with Crippen LogP contribution in [-0.4, -0.2) is 11.8 Å².